The largest absolute Gasteiger partial charge is 0.370 e. The lowest BCUT2D eigenvalue weighted by Gasteiger charge is -2.14. The van der Waals surface area contributed by atoms with Crippen molar-refractivity contribution < 1.29 is 0 Å². The monoisotopic (exact) mass is 233 g/mol. The van der Waals surface area contributed by atoms with Gasteiger partial charge in [0.1, 0.15) is 0 Å². The Hall–Kier alpha value is -1.51. The van der Waals surface area contributed by atoms with Gasteiger partial charge >= 0.3 is 0 Å². The van der Waals surface area contributed by atoms with Gasteiger partial charge in [-0.15, -0.1) is 0 Å². The fraction of sp³-hybridized carbons (Fsp3) is 0.500. The standard InChI is InChI=1S/C14H23N3/c1-4-10-16-14(15)17-13-11(5-2)8-7-9-12(13)6-3/h7-9H,4-6,10H2,1-3H3,(H3,15,16,17). The summed E-state index contributed by atoms with van der Waals surface area (Å²) in [5, 5.41) is 3.24. The molecule has 3 heteroatoms. The Labute approximate surface area is 104 Å². The van der Waals surface area contributed by atoms with Gasteiger partial charge in [-0.2, -0.15) is 0 Å². The third kappa shape index (κ3) is 3.77. The van der Waals surface area contributed by atoms with Crippen LogP contribution in [0.3, 0.4) is 0 Å². The molecule has 0 fully saturated rings. The molecule has 0 unspecified atom stereocenters. The lowest BCUT2D eigenvalue weighted by Crippen LogP contribution is -2.24. The maximum atomic E-state index is 5.88. The average Bonchev–Trinajstić information content (AvgIpc) is 2.36. The van der Waals surface area contributed by atoms with E-state index in [0.29, 0.717) is 5.96 Å². The normalized spacial score (nSPS) is 11.6. The Balaban J connectivity index is 2.95. The van der Waals surface area contributed by atoms with Crippen LogP contribution in [0.15, 0.2) is 23.2 Å². The number of aryl methyl sites for hydroxylation is 2. The minimum atomic E-state index is 0.516. The fourth-order valence-corrected chi connectivity index (χ4v) is 1.80. The molecule has 3 N–H and O–H groups in total. The van der Waals surface area contributed by atoms with Crippen LogP contribution in [-0.4, -0.2) is 12.5 Å². The van der Waals surface area contributed by atoms with Crippen molar-refractivity contribution in [3.8, 4) is 0 Å². The van der Waals surface area contributed by atoms with Crippen LogP contribution < -0.4 is 11.1 Å². The van der Waals surface area contributed by atoms with Gasteiger partial charge in [-0.1, -0.05) is 39.0 Å². The molecule has 0 bridgehead atoms. The molecule has 0 amide bonds. The van der Waals surface area contributed by atoms with Gasteiger partial charge in [0.2, 0.25) is 0 Å². The summed E-state index contributed by atoms with van der Waals surface area (Å²) >= 11 is 0. The predicted octanol–water partition coefficient (Wildman–Crippen LogP) is 2.95. The molecule has 0 aromatic heterocycles. The van der Waals surface area contributed by atoms with E-state index >= 15 is 0 Å². The summed E-state index contributed by atoms with van der Waals surface area (Å²) in [6.07, 6.45) is 3.01. The highest BCUT2D eigenvalue weighted by Crippen LogP contribution is 2.22. The SMILES string of the molecule is CCCN=C(N)Nc1c(CC)cccc1CC. The number of hydrogen-bond acceptors (Lipinski definition) is 1. The van der Waals surface area contributed by atoms with Crippen LogP contribution in [0.2, 0.25) is 0 Å². The van der Waals surface area contributed by atoms with E-state index in [2.05, 4.69) is 49.3 Å². The highest BCUT2D eigenvalue weighted by atomic mass is 15.1. The molecule has 0 saturated heterocycles. The van der Waals surface area contributed by atoms with Crippen molar-refractivity contribution in [1.82, 2.24) is 0 Å². The van der Waals surface area contributed by atoms with Gasteiger partial charge in [-0.25, -0.2) is 0 Å². The Morgan fingerprint density at radius 3 is 2.24 bits per heavy atom. The number of para-hydroxylation sites is 1. The van der Waals surface area contributed by atoms with E-state index in [-0.39, 0.29) is 0 Å². The van der Waals surface area contributed by atoms with E-state index < -0.39 is 0 Å². The van der Waals surface area contributed by atoms with Crippen LogP contribution in [0.4, 0.5) is 5.69 Å². The first-order chi connectivity index (χ1) is 8.22. The molecule has 1 aromatic carbocycles. The summed E-state index contributed by atoms with van der Waals surface area (Å²) in [5.41, 5.74) is 9.59. The Morgan fingerprint density at radius 1 is 1.18 bits per heavy atom. The highest BCUT2D eigenvalue weighted by molar-refractivity contribution is 5.93. The molecule has 0 heterocycles. The van der Waals surface area contributed by atoms with E-state index in [0.717, 1.165) is 31.5 Å². The van der Waals surface area contributed by atoms with Crippen molar-refractivity contribution in [2.45, 2.75) is 40.0 Å². The Bertz CT molecular complexity index is 361. The summed E-state index contributed by atoms with van der Waals surface area (Å²) in [4.78, 5) is 4.27. The van der Waals surface area contributed by atoms with Crippen molar-refractivity contribution in [1.29, 1.82) is 0 Å². The minimum absolute atomic E-state index is 0.516. The summed E-state index contributed by atoms with van der Waals surface area (Å²) in [7, 11) is 0. The quantitative estimate of drug-likeness (QED) is 0.607. The second kappa shape index (κ2) is 6.94. The van der Waals surface area contributed by atoms with Crippen molar-refractivity contribution in [3.05, 3.63) is 29.3 Å². The van der Waals surface area contributed by atoms with E-state index in [1.807, 2.05) is 0 Å². The molecule has 3 nitrogen and oxygen atoms in total. The number of guanidine groups is 1. The smallest absolute Gasteiger partial charge is 0.193 e. The zero-order chi connectivity index (χ0) is 12.7. The number of benzene rings is 1. The molecule has 17 heavy (non-hydrogen) atoms. The lowest BCUT2D eigenvalue weighted by atomic mass is 10.0. The lowest BCUT2D eigenvalue weighted by molar-refractivity contribution is 0.929. The second-order valence-corrected chi connectivity index (χ2v) is 4.05. The van der Waals surface area contributed by atoms with E-state index in [9.17, 15) is 0 Å². The number of hydrogen-bond donors (Lipinski definition) is 2. The molecule has 94 valence electrons. The van der Waals surface area contributed by atoms with Crippen LogP contribution in [0, 0.1) is 0 Å². The van der Waals surface area contributed by atoms with Crippen LogP contribution >= 0.6 is 0 Å². The summed E-state index contributed by atoms with van der Waals surface area (Å²) in [5.74, 6) is 0.516. The molecule has 0 spiro atoms. The Morgan fingerprint density at radius 2 is 1.76 bits per heavy atom. The maximum absolute atomic E-state index is 5.88. The zero-order valence-electron chi connectivity index (χ0n) is 11.1. The maximum Gasteiger partial charge on any atom is 0.193 e. The first-order valence-corrected chi connectivity index (χ1v) is 6.40. The van der Waals surface area contributed by atoms with Gasteiger partial charge in [0.25, 0.3) is 0 Å². The molecular formula is C14H23N3. The molecule has 0 aliphatic carbocycles. The molecule has 0 aliphatic heterocycles. The molecule has 1 rings (SSSR count). The first kappa shape index (κ1) is 13.6. The second-order valence-electron chi connectivity index (χ2n) is 4.05. The van der Waals surface area contributed by atoms with Gasteiger partial charge in [-0.05, 0) is 30.4 Å². The van der Waals surface area contributed by atoms with E-state index in [4.69, 9.17) is 5.73 Å². The van der Waals surface area contributed by atoms with Gasteiger partial charge in [0.05, 0.1) is 0 Å². The van der Waals surface area contributed by atoms with E-state index in [1.165, 1.54) is 11.1 Å². The average molecular weight is 233 g/mol. The van der Waals surface area contributed by atoms with Crippen LogP contribution in [0.5, 0.6) is 0 Å². The van der Waals surface area contributed by atoms with Crippen molar-refractivity contribution in [2.75, 3.05) is 11.9 Å². The van der Waals surface area contributed by atoms with Gasteiger partial charge < -0.3 is 11.1 Å². The predicted molar refractivity (Wildman–Crippen MR) is 75.6 cm³/mol. The van der Waals surface area contributed by atoms with Crippen LogP contribution in [0.25, 0.3) is 0 Å². The van der Waals surface area contributed by atoms with Crippen molar-refractivity contribution >= 4 is 11.6 Å². The number of nitrogens with zero attached hydrogens (tertiary/aromatic N) is 1. The van der Waals surface area contributed by atoms with Gasteiger partial charge in [-0.3, -0.25) is 4.99 Å². The topological polar surface area (TPSA) is 50.4 Å². The Kier molecular flexibility index (Phi) is 5.53. The minimum Gasteiger partial charge on any atom is -0.370 e. The van der Waals surface area contributed by atoms with Crippen molar-refractivity contribution in [2.24, 2.45) is 10.7 Å². The molecular weight excluding hydrogens is 210 g/mol. The number of nitrogens with two attached hydrogens (primary N) is 1. The van der Waals surface area contributed by atoms with Crippen molar-refractivity contribution in [3.63, 3.8) is 0 Å². The molecule has 0 saturated carbocycles. The zero-order valence-corrected chi connectivity index (χ0v) is 11.1. The number of nitrogens with one attached hydrogen (secondary N) is 1. The van der Waals surface area contributed by atoms with Crippen LogP contribution in [0.1, 0.15) is 38.3 Å². The molecule has 1 aromatic rings. The molecule has 0 atom stereocenters. The highest BCUT2D eigenvalue weighted by Gasteiger charge is 2.06. The first-order valence-electron chi connectivity index (χ1n) is 6.40. The molecule has 0 radical (unpaired) electrons. The summed E-state index contributed by atoms with van der Waals surface area (Å²) in [6, 6.07) is 6.37. The third-order valence-corrected chi connectivity index (χ3v) is 2.76. The number of aliphatic imine (C=N–C) groups is 1. The van der Waals surface area contributed by atoms with Gasteiger partial charge in [0, 0.05) is 12.2 Å². The fourth-order valence-electron chi connectivity index (χ4n) is 1.80. The van der Waals surface area contributed by atoms with Crippen LogP contribution in [-0.2, 0) is 12.8 Å². The van der Waals surface area contributed by atoms with Gasteiger partial charge in [0.15, 0.2) is 5.96 Å². The summed E-state index contributed by atoms with van der Waals surface area (Å²) < 4.78 is 0. The van der Waals surface area contributed by atoms with E-state index in [1.54, 1.807) is 0 Å². The number of rotatable bonds is 5. The molecule has 0 aliphatic rings. The third-order valence-electron chi connectivity index (χ3n) is 2.76. The summed E-state index contributed by atoms with van der Waals surface area (Å²) in [6.45, 7) is 7.17. The number of anilines is 1.